The van der Waals surface area contributed by atoms with Crippen LogP contribution in [0.1, 0.15) is 49.7 Å². The summed E-state index contributed by atoms with van der Waals surface area (Å²) in [6.45, 7) is 0. The number of carbonyl (C=O) groups is 1. The summed E-state index contributed by atoms with van der Waals surface area (Å²) in [4.78, 5) is 12.4. The van der Waals surface area contributed by atoms with Crippen molar-refractivity contribution in [1.82, 2.24) is 5.32 Å². The highest BCUT2D eigenvalue weighted by molar-refractivity contribution is 7.80. The minimum Gasteiger partial charge on any atom is -0.389 e. The summed E-state index contributed by atoms with van der Waals surface area (Å²) in [5.74, 6) is 0.111. The van der Waals surface area contributed by atoms with Crippen LogP contribution in [0.25, 0.3) is 0 Å². The second kappa shape index (κ2) is 7.39. The number of hydrogen-bond acceptors (Lipinski definition) is 2. The maximum Gasteiger partial charge on any atom is 0.224 e. The lowest BCUT2D eigenvalue weighted by Gasteiger charge is -2.16. The molecule has 0 aromatic heterocycles. The zero-order valence-electron chi connectivity index (χ0n) is 11.7. The van der Waals surface area contributed by atoms with Gasteiger partial charge in [0.15, 0.2) is 0 Å². The van der Waals surface area contributed by atoms with Gasteiger partial charge in [0.2, 0.25) is 5.91 Å². The summed E-state index contributed by atoms with van der Waals surface area (Å²) < 4.78 is 0. The molecule has 1 fully saturated rings. The lowest BCUT2D eigenvalue weighted by molar-refractivity contribution is -0.121. The van der Waals surface area contributed by atoms with Gasteiger partial charge in [0, 0.05) is 11.6 Å². The molecule has 0 spiro atoms. The standard InChI is InChI=1S/C16H22N2OS/c17-16(20)13-9-7-12(8-10-13)11-15(19)18-14-5-3-1-2-4-6-14/h7-10,14H,1-6,11H2,(H2,17,20)(H,18,19). The zero-order chi connectivity index (χ0) is 14.4. The van der Waals surface area contributed by atoms with E-state index in [9.17, 15) is 4.79 Å². The minimum absolute atomic E-state index is 0.111. The van der Waals surface area contributed by atoms with Crippen LogP contribution in [0, 0.1) is 0 Å². The Labute approximate surface area is 125 Å². The predicted octanol–water partition coefficient (Wildman–Crippen LogP) is 2.70. The Bertz CT molecular complexity index is 462. The monoisotopic (exact) mass is 290 g/mol. The SMILES string of the molecule is NC(=S)c1ccc(CC(=O)NC2CCCCCC2)cc1. The fourth-order valence-corrected chi connectivity index (χ4v) is 2.81. The summed E-state index contributed by atoms with van der Waals surface area (Å²) in [5, 5.41) is 3.16. The van der Waals surface area contributed by atoms with Crippen molar-refractivity contribution in [2.75, 3.05) is 0 Å². The summed E-state index contributed by atoms with van der Waals surface area (Å²) in [5.41, 5.74) is 7.39. The van der Waals surface area contributed by atoms with Gasteiger partial charge in [0.05, 0.1) is 6.42 Å². The second-order valence-corrected chi connectivity index (χ2v) is 5.93. The van der Waals surface area contributed by atoms with E-state index in [4.69, 9.17) is 18.0 Å². The van der Waals surface area contributed by atoms with Crippen molar-refractivity contribution in [2.24, 2.45) is 5.73 Å². The minimum atomic E-state index is 0.111. The van der Waals surface area contributed by atoms with E-state index in [0.29, 0.717) is 17.5 Å². The van der Waals surface area contributed by atoms with Gasteiger partial charge in [-0.05, 0) is 18.4 Å². The van der Waals surface area contributed by atoms with E-state index in [1.54, 1.807) is 0 Å². The van der Waals surface area contributed by atoms with Crippen molar-refractivity contribution in [1.29, 1.82) is 0 Å². The molecule has 1 amide bonds. The zero-order valence-corrected chi connectivity index (χ0v) is 12.5. The van der Waals surface area contributed by atoms with E-state index < -0.39 is 0 Å². The van der Waals surface area contributed by atoms with Crippen LogP contribution in [-0.2, 0) is 11.2 Å². The normalized spacial score (nSPS) is 16.4. The fraction of sp³-hybridized carbons (Fsp3) is 0.500. The summed E-state index contributed by atoms with van der Waals surface area (Å²) in [6.07, 6.45) is 7.72. The Balaban J connectivity index is 1.85. The van der Waals surface area contributed by atoms with E-state index in [1.165, 1.54) is 25.7 Å². The van der Waals surface area contributed by atoms with Gasteiger partial charge in [-0.25, -0.2) is 0 Å². The average molecular weight is 290 g/mol. The van der Waals surface area contributed by atoms with E-state index in [1.807, 2.05) is 24.3 Å². The molecule has 1 aromatic carbocycles. The van der Waals surface area contributed by atoms with E-state index in [2.05, 4.69) is 5.32 Å². The van der Waals surface area contributed by atoms with Crippen LogP contribution in [0.4, 0.5) is 0 Å². The maximum absolute atomic E-state index is 12.1. The highest BCUT2D eigenvalue weighted by Crippen LogP contribution is 2.17. The van der Waals surface area contributed by atoms with Crippen molar-refractivity contribution in [3.8, 4) is 0 Å². The van der Waals surface area contributed by atoms with E-state index in [0.717, 1.165) is 24.0 Å². The Morgan fingerprint density at radius 3 is 2.30 bits per heavy atom. The number of thiocarbonyl (C=S) groups is 1. The molecule has 1 aliphatic rings. The van der Waals surface area contributed by atoms with Crippen molar-refractivity contribution in [2.45, 2.75) is 51.0 Å². The second-order valence-electron chi connectivity index (χ2n) is 5.49. The molecule has 0 bridgehead atoms. The number of nitrogens with two attached hydrogens (primary N) is 1. The van der Waals surface area contributed by atoms with Crippen molar-refractivity contribution < 1.29 is 4.79 Å². The number of hydrogen-bond donors (Lipinski definition) is 2. The molecule has 0 atom stereocenters. The topological polar surface area (TPSA) is 55.1 Å². The van der Waals surface area contributed by atoms with Crippen molar-refractivity contribution in [3.05, 3.63) is 35.4 Å². The largest absolute Gasteiger partial charge is 0.389 e. The number of rotatable bonds is 4. The molecule has 0 saturated heterocycles. The van der Waals surface area contributed by atoms with Crippen LogP contribution < -0.4 is 11.1 Å². The van der Waals surface area contributed by atoms with Gasteiger partial charge < -0.3 is 11.1 Å². The first-order valence-corrected chi connectivity index (χ1v) is 7.74. The van der Waals surface area contributed by atoms with Gasteiger partial charge in [-0.2, -0.15) is 0 Å². The Morgan fingerprint density at radius 1 is 1.15 bits per heavy atom. The highest BCUT2D eigenvalue weighted by atomic mass is 32.1. The van der Waals surface area contributed by atoms with Crippen molar-refractivity contribution >= 4 is 23.1 Å². The molecule has 1 aromatic rings. The molecule has 3 N–H and O–H groups in total. The molecule has 2 rings (SSSR count). The maximum atomic E-state index is 12.1. The first kappa shape index (κ1) is 15.0. The van der Waals surface area contributed by atoms with Gasteiger partial charge in [0.1, 0.15) is 4.99 Å². The summed E-state index contributed by atoms with van der Waals surface area (Å²) >= 11 is 4.91. The third kappa shape index (κ3) is 4.60. The molecular formula is C16H22N2OS. The van der Waals surface area contributed by atoms with Crippen LogP contribution in [0.15, 0.2) is 24.3 Å². The molecule has 4 heteroatoms. The molecule has 0 heterocycles. The average Bonchev–Trinajstić information content (AvgIpc) is 2.68. The lowest BCUT2D eigenvalue weighted by Crippen LogP contribution is -2.35. The van der Waals surface area contributed by atoms with Gasteiger partial charge in [-0.15, -0.1) is 0 Å². The van der Waals surface area contributed by atoms with Crippen LogP contribution in [0.3, 0.4) is 0 Å². The summed E-state index contributed by atoms with van der Waals surface area (Å²) in [6, 6.07) is 7.94. The molecule has 108 valence electrons. The smallest absolute Gasteiger partial charge is 0.224 e. The number of nitrogens with one attached hydrogen (secondary N) is 1. The predicted molar refractivity (Wildman–Crippen MR) is 85.7 cm³/mol. The molecule has 3 nitrogen and oxygen atoms in total. The molecule has 1 aliphatic carbocycles. The number of benzene rings is 1. The third-order valence-electron chi connectivity index (χ3n) is 3.82. The van der Waals surface area contributed by atoms with E-state index in [-0.39, 0.29) is 5.91 Å². The molecular weight excluding hydrogens is 268 g/mol. The first-order chi connectivity index (χ1) is 9.65. The lowest BCUT2D eigenvalue weighted by atomic mass is 10.1. The van der Waals surface area contributed by atoms with Gasteiger partial charge in [-0.3, -0.25) is 4.79 Å². The first-order valence-electron chi connectivity index (χ1n) is 7.33. The molecule has 1 saturated carbocycles. The molecule has 0 unspecified atom stereocenters. The molecule has 20 heavy (non-hydrogen) atoms. The Kier molecular flexibility index (Phi) is 5.53. The Hall–Kier alpha value is -1.42. The summed E-state index contributed by atoms with van der Waals surface area (Å²) in [7, 11) is 0. The highest BCUT2D eigenvalue weighted by Gasteiger charge is 2.14. The number of carbonyl (C=O) groups excluding carboxylic acids is 1. The van der Waals surface area contributed by atoms with Gasteiger partial charge >= 0.3 is 0 Å². The van der Waals surface area contributed by atoms with Crippen LogP contribution in [0.2, 0.25) is 0 Å². The fourth-order valence-electron chi connectivity index (χ4n) is 2.67. The van der Waals surface area contributed by atoms with E-state index >= 15 is 0 Å². The third-order valence-corrected chi connectivity index (χ3v) is 4.06. The molecule has 0 aliphatic heterocycles. The number of amides is 1. The Morgan fingerprint density at radius 2 is 1.75 bits per heavy atom. The van der Waals surface area contributed by atoms with Crippen LogP contribution >= 0.6 is 12.2 Å². The van der Waals surface area contributed by atoms with Gasteiger partial charge in [0.25, 0.3) is 0 Å². The van der Waals surface area contributed by atoms with Gasteiger partial charge in [-0.1, -0.05) is 62.2 Å². The molecule has 0 radical (unpaired) electrons. The van der Waals surface area contributed by atoms with Crippen molar-refractivity contribution in [3.63, 3.8) is 0 Å². The van der Waals surface area contributed by atoms with Crippen LogP contribution in [-0.4, -0.2) is 16.9 Å². The van der Waals surface area contributed by atoms with Crippen LogP contribution in [0.5, 0.6) is 0 Å². The quantitative estimate of drug-likeness (QED) is 0.662.